The number of nitrogens with zero attached hydrogens (tertiary/aromatic N) is 2. The highest BCUT2D eigenvalue weighted by atomic mass is 16.5. The predicted molar refractivity (Wildman–Crippen MR) is 100 cm³/mol. The zero-order valence-electron chi connectivity index (χ0n) is 15.3. The summed E-state index contributed by atoms with van der Waals surface area (Å²) in [6.45, 7) is 11.3. The third kappa shape index (κ3) is 5.72. The molecule has 2 rings (SSSR count). The molecule has 0 bridgehead atoms. The van der Waals surface area contributed by atoms with Gasteiger partial charge in [0.2, 0.25) is 5.95 Å². The normalized spacial score (nSPS) is 11.0. The van der Waals surface area contributed by atoms with Crippen molar-refractivity contribution in [2.75, 3.05) is 17.2 Å². The number of para-hydroxylation sites is 2. The molecule has 5 nitrogen and oxygen atoms in total. The van der Waals surface area contributed by atoms with E-state index in [1.54, 1.807) is 0 Å². The summed E-state index contributed by atoms with van der Waals surface area (Å²) < 4.78 is 5.84. The Labute approximate surface area is 144 Å². The fourth-order valence-corrected chi connectivity index (χ4v) is 2.25. The van der Waals surface area contributed by atoms with Gasteiger partial charge in [-0.3, -0.25) is 0 Å². The van der Waals surface area contributed by atoms with Crippen molar-refractivity contribution in [1.29, 1.82) is 0 Å². The van der Waals surface area contributed by atoms with Crippen LogP contribution >= 0.6 is 0 Å². The Bertz CT molecular complexity index is 656. The fourth-order valence-electron chi connectivity index (χ4n) is 2.25. The van der Waals surface area contributed by atoms with Gasteiger partial charge in [0.15, 0.2) is 0 Å². The third-order valence-electron chi connectivity index (χ3n) is 3.38. The molecule has 0 amide bonds. The maximum absolute atomic E-state index is 5.84. The molecule has 1 heterocycles. The van der Waals surface area contributed by atoms with E-state index in [-0.39, 0.29) is 6.10 Å². The molecule has 0 unspecified atom stereocenters. The van der Waals surface area contributed by atoms with Gasteiger partial charge in [-0.05, 0) is 45.2 Å². The zero-order chi connectivity index (χ0) is 17.5. The molecule has 0 saturated heterocycles. The summed E-state index contributed by atoms with van der Waals surface area (Å²) in [7, 11) is 0. The van der Waals surface area contributed by atoms with Gasteiger partial charge in [0.1, 0.15) is 11.6 Å². The predicted octanol–water partition coefficient (Wildman–Crippen LogP) is 4.77. The van der Waals surface area contributed by atoms with Crippen LogP contribution in [0.15, 0.2) is 30.3 Å². The zero-order valence-corrected chi connectivity index (χ0v) is 15.3. The fraction of sp³-hybridized carbons (Fsp3) is 0.474. The summed E-state index contributed by atoms with van der Waals surface area (Å²) in [5.74, 6) is 2.87. The lowest BCUT2D eigenvalue weighted by Crippen LogP contribution is -2.10. The summed E-state index contributed by atoms with van der Waals surface area (Å²) >= 11 is 0. The summed E-state index contributed by atoms with van der Waals surface area (Å²) in [6.07, 6.45) is 1.22. The van der Waals surface area contributed by atoms with Crippen LogP contribution in [-0.4, -0.2) is 22.6 Å². The quantitative estimate of drug-likeness (QED) is 0.730. The Morgan fingerprint density at radius 2 is 1.83 bits per heavy atom. The van der Waals surface area contributed by atoms with E-state index in [1.807, 2.05) is 51.1 Å². The van der Waals surface area contributed by atoms with Crippen LogP contribution in [-0.2, 0) is 0 Å². The second kappa shape index (κ2) is 8.52. The SMILES string of the molecule is Cc1cc(NCCC(C)C)nc(Nc2ccccc2OC(C)C)n1. The van der Waals surface area contributed by atoms with Gasteiger partial charge in [-0.15, -0.1) is 0 Å². The Hall–Kier alpha value is -2.30. The molecule has 0 aliphatic carbocycles. The van der Waals surface area contributed by atoms with Gasteiger partial charge in [-0.1, -0.05) is 26.0 Å². The smallest absolute Gasteiger partial charge is 0.229 e. The number of ether oxygens (including phenoxy) is 1. The molecule has 1 aromatic carbocycles. The number of anilines is 3. The van der Waals surface area contributed by atoms with Crippen LogP contribution in [0.5, 0.6) is 5.75 Å². The number of benzene rings is 1. The first-order valence-corrected chi connectivity index (χ1v) is 8.56. The van der Waals surface area contributed by atoms with Crippen molar-refractivity contribution >= 4 is 17.5 Å². The maximum atomic E-state index is 5.84. The van der Waals surface area contributed by atoms with Crippen molar-refractivity contribution in [3.63, 3.8) is 0 Å². The molecule has 0 aliphatic heterocycles. The molecule has 130 valence electrons. The molecule has 5 heteroatoms. The summed E-state index contributed by atoms with van der Waals surface area (Å²) in [5, 5.41) is 6.64. The average Bonchev–Trinajstić information content (AvgIpc) is 2.48. The lowest BCUT2D eigenvalue weighted by atomic mass is 10.1. The van der Waals surface area contributed by atoms with Gasteiger partial charge in [0.05, 0.1) is 11.8 Å². The van der Waals surface area contributed by atoms with Crippen LogP contribution in [0.3, 0.4) is 0 Å². The molecule has 0 radical (unpaired) electrons. The molecule has 0 fully saturated rings. The molecule has 0 spiro atoms. The highest BCUT2D eigenvalue weighted by Crippen LogP contribution is 2.27. The van der Waals surface area contributed by atoms with Gasteiger partial charge >= 0.3 is 0 Å². The van der Waals surface area contributed by atoms with Crippen molar-refractivity contribution < 1.29 is 4.74 Å². The molecule has 2 N–H and O–H groups in total. The number of nitrogens with one attached hydrogen (secondary N) is 2. The number of rotatable bonds is 8. The minimum Gasteiger partial charge on any atom is -0.489 e. The monoisotopic (exact) mass is 328 g/mol. The summed E-state index contributed by atoms with van der Waals surface area (Å²) in [5.41, 5.74) is 1.78. The number of hydrogen-bond donors (Lipinski definition) is 2. The topological polar surface area (TPSA) is 59.1 Å². The Morgan fingerprint density at radius 1 is 1.08 bits per heavy atom. The molecule has 24 heavy (non-hydrogen) atoms. The van der Waals surface area contributed by atoms with E-state index in [2.05, 4.69) is 34.4 Å². The highest BCUT2D eigenvalue weighted by Gasteiger charge is 2.08. The Kier molecular flexibility index (Phi) is 6.41. The van der Waals surface area contributed by atoms with E-state index >= 15 is 0 Å². The lowest BCUT2D eigenvalue weighted by molar-refractivity contribution is 0.244. The lowest BCUT2D eigenvalue weighted by Gasteiger charge is -2.15. The van der Waals surface area contributed by atoms with Crippen molar-refractivity contribution in [2.45, 2.75) is 47.1 Å². The van der Waals surface area contributed by atoms with Gasteiger partial charge in [0, 0.05) is 18.3 Å². The van der Waals surface area contributed by atoms with Crippen LogP contribution in [0.25, 0.3) is 0 Å². The van der Waals surface area contributed by atoms with E-state index in [9.17, 15) is 0 Å². The standard InChI is InChI=1S/C19H28N4O/c1-13(2)10-11-20-18-12-15(5)21-19(23-18)22-16-8-6-7-9-17(16)24-14(3)4/h6-9,12-14H,10-11H2,1-5H3,(H2,20,21,22,23). The van der Waals surface area contributed by atoms with Gasteiger partial charge < -0.3 is 15.4 Å². The number of aryl methyl sites for hydroxylation is 1. The van der Waals surface area contributed by atoms with Crippen molar-refractivity contribution in [1.82, 2.24) is 9.97 Å². The Balaban J connectivity index is 2.13. The minimum absolute atomic E-state index is 0.111. The van der Waals surface area contributed by atoms with Gasteiger partial charge in [0.25, 0.3) is 0 Å². The van der Waals surface area contributed by atoms with E-state index in [4.69, 9.17) is 4.74 Å². The van der Waals surface area contributed by atoms with Gasteiger partial charge in [-0.25, -0.2) is 4.98 Å². The number of hydrogen-bond acceptors (Lipinski definition) is 5. The van der Waals surface area contributed by atoms with Crippen molar-refractivity contribution in [2.24, 2.45) is 5.92 Å². The second-order valence-corrected chi connectivity index (χ2v) is 6.62. The largest absolute Gasteiger partial charge is 0.489 e. The first kappa shape index (κ1) is 18.0. The molecule has 0 saturated carbocycles. The first-order chi connectivity index (χ1) is 11.4. The maximum Gasteiger partial charge on any atom is 0.229 e. The number of aromatic nitrogens is 2. The van der Waals surface area contributed by atoms with Gasteiger partial charge in [-0.2, -0.15) is 4.98 Å². The first-order valence-electron chi connectivity index (χ1n) is 8.56. The molecule has 1 aromatic heterocycles. The molecule has 2 aromatic rings. The average molecular weight is 328 g/mol. The molecular formula is C19H28N4O. The van der Waals surface area contributed by atoms with Crippen molar-refractivity contribution in [3.05, 3.63) is 36.0 Å². The summed E-state index contributed by atoms with van der Waals surface area (Å²) in [4.78, 5) is 9.03. The van der Waals surface area contributed by atoms with E-state index in [1.165, 1.54) is 0 Å². The molecular weight excluding hydrogens is 300 g/mol. The van der Waals surface area contributed by atoms with Crippen LogP contribution in [0.1, 0.15) is 39.8 Å². The second-order valence-electron chi connectivity index (χ2n) is 6.62. The van der Waals surface area contributed by atoms with Crippen LogP contribution < -0.4 is 15.4 Å². The molecule has 0 atom stereocenters. The Morgan fingerprint density at radius 3 is 2.54 bits per heavy atom. The third-order valence-corrected chi connectivity index (χ3v) is 3.38. The molecule has 0 aliphatic rings. The van der Waals surface area contributed by atoms with E-state index < -0.39 is 0 Å². The highest BCUT2D eigenvalue weighted by molar-refractivity contribution is 5.63. The van der Waals surface area contributed by atoms with Crippen LogP contribution in [0.2, 0.25) is 0 Å². The van der Waals surface area contributed by atoms with Crippen LogP contribution in [0.4, 0.5) is 17.5 Å². The van der Waals surface area contributed by atoms with Crippen molar-refractivity contribution in [3.8, 4) is 5.75 Å². The van der Waals surface area contributed by atoms with E-state index in [0.29, 0.717) is 11.9 Å². The van der Waals surface area contributed by atoms with Crippen LogP contribution in [0, 0.1) is 12.8 Å². The van der Waals surface area contributed by atoms with E-state index in [0.717, 1.165) is 35.9 Å². The minimum atomic E-state index is 0.111. The summed E-state index contributed by atoms with van der Waals surface area (Å²) in [6, 6.07) is 9.79.